The van der Waals surface area contributed by atoms with Crippen molar-refractivity contribution in [2.75, 3.05) is 0 Å². The molecule has 0 amide bonds. The molecule has 100 valence electrons. The Bertz CT molecular complexity index is 698. The molecule has 0 atom stereocenters. The Morgan fingerprint density at radius 1 is 1.32 bits per heavy atom. The van der Waals surface area contributed by atoms with E-state index in [1.807, 2.05) is 31.5 Å². The Morgan fingerprint density at radius 3 is 2.58 bits per heavy atom. The van der Waals surface area contributed by atoms with Gasteiger partial charge in [0.05, 0.1) is 6.54 Å². The third-order valence-corrected chi connectivity index (χ3v) is 3.81. The first-order valence-electron chi connectivity index (χ1n) is 5.92. The molecule has 0 N–H and O–H groups in total. The number of Topliss-reactive ketones (excluding diaryl/α,β-unsaturated/α-hetero) is 1. The summed E-state index contributed by atoms with van der Waals surface area (Å²) in [5, 5.41) is 0. The summed E-state index contributed by atoms with van der Waals surface area (Å²) in [5.41, 5.74) is 2.45. The number of nitrogens with zero attached hydrogens (tertiary/aromatic N) is 2. The zero-order chi connectivity index (χ0) is 14.2. The highest BCUT2D eigenvalue weighted by Crippen LogP contribution is 2.14. The molecule has 0 bridgehead atoms. The number of carbonyl (C=O) groups excluding carboxylic acids is 1. The van der Waals surface area contributed by atoms with Crippen molar-refractivity contribution in [3.63, 3.8) is 0 Å². The van der Waals surface area contributed by atoms with E-state index in [0.29, 0.717) is 5.56 Å². The lowest BCUT2D eigenvalue weighted by Crippen LogP contribution is -2.23. The number of carbonyl (C=O) groups is 1. The largest absolute Gasteiger partial charge is 0.351 e. The molecule has 0 fully saturated rings. The summed E-state index contributed by atoms with van der Waals surface area (Å²) in [6, 6.07) is 4.97. The van der Waals surface area contributed by atoms with E-state index in [0.717, 1.165) is 15.9 Å². The Hall–Kier alpha value is -1.62. The second-order valence-corrected chi connectivity index (χ2v) is 5.50. The molecule has 2 rings (SSSR count). The number of aromatic nitrogens is 2. The number of halogens is 1. The van der Waals surface area contributed by atoms with Crippen molar-refractivity contribution in [1.29, 1.82) is 0 Å². The first-order valence-corrected chi connectivity index (χ1v) is 6.71. The van der Waals surface area contributed by atoms with Gasteiger partial charge in [-0.05, 0) is 41.9 Å². The monoisotopic (exact) mass is 322 g/mol. The zero-order valence-electron chi connectivity index (χ0n) is 11.1. The lowest BCUT2D eigenvalue weighted by atomic mass is 10.1. The third kappa shape index (κ3) is 2.71. The van der Waals surface area contributed by atoms with E-state index in [4.69, 9.17) is 0 Å². The van der Waals surface area contributed by atoms with Crippen molar-refractivity contribution in [2.45, 2.75) is 20.4 Å². The molecular formula is C14H15BrN2O2. The Kier molecular flexibility index (Phi) is 3.75. The second kappa shape index (κ2) is 5.17. The Balaban J connectivity index is 2.33. The van der Waals surface area contributed by atoms with E-state index >= 15 is 0 Å². The summed E-state index contributed by atoms with van der Waals surface area (Å²) >= 11 is 3.30. The summed E-state index contributed by atoms with van der Waals surface area (Å²) in [7, 11) is 1.92. The number of aryl methyl sites for hydroxylation is 1. The summed E-state index contributed by atoms with van der Waals surface area (Å²) in [4.78, 5) is 24.0. The minimum absolute atomic E-state index is 0.0543. The Labute approximate surface area is 119 Å². The van der Waals surface area contributed by atoms with Crippen LogP contribution < -0.4 is 5.56 Å². The number of ketones is 1. The lowest BCUT2D eigenvalue weighted by Gasteiger charge is -2.05. The van der Waals surface area contributed by atoms with Crippen LogP contribution >= 0.6 is 15.9 Å². The van der Waals surface area contributed by atoms with Crippen LogP contribution in [-0.2, 0) is 13.6 Å². The maximum Gasteiger partial charge on any atom is 0.251 e. The topological polar surface area (TPSA) is 44.0 Å². The van der Waals surface area contributed by atoms with Gasteiger partial charge in [-0.25, -0.2) is 0 Å². The van der Waals surface area contributed by atoms with Gasteiger partial charge in [0, 0.05) is 40.7 Å². The fraction of sp³-hybridized carbons (Fsp3) is 0.286. The van der Waals surface area contributed by atoms with Crippen LogP contribution in [0.4, 0.5) is 0 Å². The molecule has 2 aromatic rings. The second-order valence-electron chi connectivity index (χ2n) is 4.58. The molecule has 0 saturated carbocycles. The fourth-order valence-electron chi connectivity index (χ4n) is 2.00. The van der Waals surface area contributed by atoms with Crippen molar-refractivity contribution < 1.29 is 4.79 Å². The van der Waals surface area contributed by atoms with Gasteiger partial charge >= 0.3 is 0 Å². The number of pyridine rings is 1. The average Bonchev–Trinajstić information content (AvgIpc) is 2.62. The van der Waals surface area contributed by atoms with Crippen molar-refractivity contribution in [3.8, 4) is 0 Å². The van der Waals surface area contributed by atoms with E-state index in [2.05, 4.69) is 15.9 Å². The summed E-state index contributed by atoms with van der Waals surface area (Å²) < 4.78 is 4.16. The fourth-order valence-corrected chi connectivity index (χ4v) is 2.38. The van der Waals surface area contributed by atoms with Gasteiger partial charge in [-0.3, -0.25) is 9.59 Å². The molecule has 19 heavy (non-hydrogen) atoms. The lowest BCUT2D eigenvalue weighted by molar-refractivity contribution is 0.0970. The highest BCUT2D eigenvalue weighted by atomic mass is 79.9. The molecule has 5 heteroatoms. The molecular weight excluding hydrogens is 308 g/mol. The number of rotatable bonds is 3. The normalized spacial score (nSPS) is 10.7. The first kappa shape index (κ1) is 13.8. The molecule has 0 radical (unpaired) electrons. The zero-order valence-corrected chi connectivity index (χ0v) is 12.7. The van der Waals surface area contributed by atoms with Gasteiger partial charge in [-0.1, -0.05) is 0 Å². The molecule has 0 spiro atoms. The van der Waals surface area contributed by atoms with Crippen molar-refractivity contribution in [1.82, 2.24) is 9.13 Å². The summed E-state index contributed by atoms with van der Waals surface area (Å²) in [6.07, 6.45) is 1.63. The van der Waals surface area contributed by atoms with E-state index in [-0.39, 0.29) is 17.9 Å². The predicted molar refractivity (Wildman–Crippen MR) is 77.6 cm³/mol. The van der Waals surface area contributed by atoms with Crippen LogP contribution in [0.2, 0.25) is 0 Å². The number of hydrogen-bond acceptors (Lipinski definition) is 2. The maximum absolute atomic E-state index is 12.3. The van der Waals surface area contributed by atoms with Gasteiger partial charge in [-0.15, -0.1) is 0 Å². The molecule has 0 saturated heterocycles. The molecule has 2 aromatic heterocycles. The van der Waals surface area contributed by atoms with E-state index in [1.54, 1.807) is 12.3 Å². The van der Waals surface area contributed by atoms with Crippen molar-refractivity contribution in [3.05, 3.63) is 56.2 Å². The van der Waals surface area contributed by atoms with Gasteiger partial charge in [0.25, 0.3) is 5.56 Å². The van der Waals surface area contributed by atoms with Gasteiger partial charge in [-0.2, -0.15) is 0 Å². The van der Waals surface area contributed by atoms with Crippen LogP contribution in [0.15, 0.2) is 33.7 Å². The maximum atomic E-state index is 12.3. The summed E-state index contributed by atoms with van der Waals surface area (Å²) in [6.45, 7) is 3.92. The SMILES string of the molecule is Cc1cc(C(=O)Cn2cc(Br)ccc2=O)c(C)n1C. The van der Waals surface area contributed by atoms with Gasteiger partial charge in [0.15, 0.2) is 5.78 Å². The first-order chi connectivity index (χ1) is 8.90. The smallest absolute Gasteiger partial charge is 0.251 e. The molecule has 0 aliphatic carbocycles. The minimum atomic E-state index is -0.179. The van der Waals surface area contributed by atoms with Crippen LogP contribution in [-0.4, -0.2) is 14.9 Å². The third-order valence-electron chi connectivity index (χ3n) is 3.34. The van der Waals surface area contributed by atoms with Gasteiger partial charge in [0.1, 0.15) is 0 Å². The highest BCUT2D eigenvalue weighted by molar-refractivity contribution is 9.10. The van der Waals surface area contributed by atoms with E-state index in [1.165, 1.54) is 10.6 Å². The van der Waals surface area contributed by atoms with E-state index in [9.17, 15) is 9.59 Å². The quantitative estimate of drug-likeness (QED) is 0.815. The van der Waals surface area contributed by atoms with Gasteiger partial charge in [0.2, 0.25) is 0 Å². The van der Waals surface area contributed by atoms with Crippen LogP contribution in [0.3, 0.4) is 0 Å². The molecule has 2 heterocycles. The van der Waals surface area contributed by atoms with Gasteiger partial charge < -0.3 is 9.13 Å². The predicted octanol–water partition coefficient (Wildman–Crippen LogP) is 2.45. The van der Waals surface area contributed by atoms with Crippen LogP contribution in [0.5, 0.6) is 0 Å². The van der Waals surface area contributed by atoms with Crippen LogP contribution in [0.1, 0.15) is 21.7 Å². The molecule has 0 aromatic carbocycles. The standard InChI is InChI=1S/C14H15BrN2O2/c1-9-6-12(10(2)16(9)3)13(18)8-17-7-11(15)4-5-14(17)19/h4-7H,8H2,1-3H3. The van der Waals surface area contributed by atoms with Crippen molar-refractivity contribution in [2.24, 2.45) is 7.05 Å². The van der Waals surface area contributed by atoms with E-state index < -0.39 is 0 Å². The van der Waals surface area contributed by atoms with Crippen LogP contribution in [0.25, 0.3) is 0 Å². The Morgan fingerprint density at radius 2 is 2.00 bits per heavy atom. The average molecular weight is 323 g/mol. The molecule has 0 unspecified atom stereocenters. The highest BCUT2D eigenvalue weighted by Gasteiger charge is 2.14. The minimum Gasteiger partial charge on any atom is -0.351 e. The van der Waals surface area contributed by atoms with Crippen LogP contribution in [0, 0.1) is 13.8 Å². The molecule has 0 aliphatic heterocycles. The van der Waals surface area contributed by atoms with Crippen molar-refractivity contribution >= 4 is 21.7 Å². The number of hydrogen-bond donors (Lipinski definition) is 0. The molecule has 0 aliphatic rings. The summed E-state index contributed by atoms with van der Waals surface area (Å²) in [5.74, 6) is -0.0543. The molecule has 4 nitrogen and oxygen atoms in total.